The molecule has 1 aliphatic rings. The number of benzene rings is 1. The minimum atomic E-state index is -4.42. The number of amides is 1. The third kappa shape index (κ3) is 4.11. The number of para-hydroxylation sites is 2. The Morgan fingerprint density at radius 3 is 2.96 bits per heavy atom. The smallest absolute Gasteiger partial charge is 0.422 e. The number of carbonyl (C=O) groups is 1. The molecule has 148 valence electrons. The maximum Gasteiger partial charge on any atom is 0.422 e. The van der Waals surface area contributed by atoms with Crippen molar-refractivity contribution in [3.63, 3.8) is 0 Å². The van der Waals surface area contributed by atoms with Crippen LogP contribution in [0.2, 0.25) is 0 Å². The number of hydrogen-bond donors (Lipinski definition) is 1. The molecule has 3 aromatic rings. The summed E-state index contributed by atoms with van der Waals surface area (Å²) in [6, 6.07) is 7.02. The van der Waals surface area contributed by atoms with Crippen LogP contribution in [0, 0.1) is 5.92 Å². The number of hydrogen-bond acceptors (Lipinski definition) is 6. The number of carbonyl (C=O) groups excluding carboxylic acids is 1. The highest BCUT2D eigenvalue weighted by molar-refractivity contribution is 7.13. The molecule has 0 saturated heterocycles. The van der Waals surface area contributed by atoms with Crippen molar-refractivity contribution in [1.29, 1.82) is 0 Å². The van der Waals surface area contributed by atoms with Gasteiger partial charge in [-0.05, 0) is 25.5 Å². The number of halogens is 3. The van der Waals surface area contributed by atoms with Crippen molar-refractivity contribution in [3.8, 4) is 5.19 Å². The highest BCUT2D eigenvalue weighted by Crippen LogP contribution is 2.48. The molecule has 1 amide bonds. The second-order valence-electron chi connectivity index (χ2n) is 6.63. The van der Waals surface area contributed by atoms with Gasteiger partial charge in [0.1, 0.15) is 5.52 Å². The molecule has 1 saturated carbocycles. The standard InChI is InChI=1S/C18H16F3N3O3S/c1-9(14-7-22-17(28-14)26-8-18(19,20)21)23-15(25)10-6-11(10)16-24-12-4-2-3-5-13(12)27-16/h2-5,7,9-11H,6,8H2,1H3,(H,23,25)/t9?,10-,11-/m1/s1. The van der Waals surface area contributed by atoms with Gasteiger partial charge in [0.25, 0.3) is 5.19 Å². The second-order valence-corrected chi connectivity index (χ2v) is 7.66. The lowest BCUT2D eigenvalue weighted by atomic mass is 10.2. The number of alkyl halides is 3. The lowest BCUT2D eigenvalue weighted by Gasteiger charge is -2.11. The van der Waals surface area contributed by atoms with Gasteiger partial charge < -0.3 is 14.5 Å². The Hall–Kier alpha value is -2.62. The molecule has 10 heteroatoms. The summed E-state index contributed by atoms with van der Waals surface area (Å²) in [7, 11) is 0. The number of nitrogens with one attached hydrogen (secondary N) is 1. The number of ether oxygens (including phenoxy) is 1. The van der Waals surface area contributed by atoms with Gasteiger partial charge in [0.2, 0.25) is 5.91 Å². The van der Waals surface area contributed by atoms with E-state index in [0.29, 0.717) is 22.8 Å². The van der Waals surface area contributed by atoms with E-state index >= 15 is 0 Å². The Morgan fingerprint density at radius 1 is 1.43 bits per heavy atom. The lowest BCUT2D eigenvalue weighted by molar-refractivity contribution is -0.153. The largest absolute Gasteiger partial charge is 0.460 e. The number of aromatic nitrogens is 2. The summed E-state index contributed by atoms with van der Waals surface area (Å²) in [6.07, 6.45) is -2.36. The van der Waals surface area contributed by atoms with Gasteiger partial charge in [0, 0.05) is 12.1 Å². The molecule has 0 spiro atoms. The Balaban J connectivity index is 1.33. The van der Waals surface area contributed by atoms with Gasteiger partial charge in [-0.1, -0.05) is 23.5 Å². The molecule has 6 nitrogen and oxygen atoms in total. The minimum Gasteiger partial charge on any atom is -0.460 e. The van der Waals surface area contributed by atoms with Crippen molar-refractivity contribution in [3.05, 3.63) is 41.2 Å². The normalized spacial score (nSPS) is 20.1. The number of oxazole rings is 1. The van der Waals surface area contributed by atoms with E-state index < -0.39 is 18.8 Å². The van der Waals surface area contributed by atoms with Crippen LogP contribution in [0.15, 0.2) is 34.9 Å². The zero-order valence-electron chi connectivity index (χ0n) is 14.7. The van der Waals surface area contributed by atoms with Crippen LogP contribution in [-0.4, -0.2) is 28.7 Å². The summed E-state index contributed by atoms with van der Waals surface area (Å²) in [5.41, 5.74) is 1.45. The molecule has 28 heavy (non-hydrogen) atoms. The van der Waals surface area contributed by atoms with E-state index in [-0.39, 0.29) is 22.9 Å². The molecular formula is C18H16F3N3O3S. The average molecular weight is 411 g/mol. The van der Waals surface area contributed by atoms with Crippen molar-refractivity contribution in [2.45, 2.75) is 31.5 Å². The second kappa shape index (κ2) is 7.08. The van der Waals surface area contributed by atoms with Crippen LogP contribution in [0.3, 0.4) is 0 Å². The summed E-state index contributed by atoms with van der Waals surface area (Å²) in [5, 5.41) is 2.78. The van der Waals surface area contributed by atoms with Gasteiger partial charge in [-0.2, -0.15) is 13.2 Å². The molecule has 1 N–H and O–H groups in total. The van der Waals surface area contributed by atoms with E-state index in [1.54, 1.807) is 6.92 Å². The first-order chi connectivity index (χ1) is 13.3. The van der Waals surface area contributed by atoms with Crippen molar-refractivity contribution in [1.82, 2.24) is 15.3 Å². The molecule has 4 rings (SSSR count). The summed E-state index contributed by atoms with van der Waals surface area (Å²) in [5.74, 6) is 0.108. The number of thiazole rings is 1. The van der Waals surface area contributed by atoms with E-state index in [1.165, 1.54) is 6.20 Å². The predicted molar refractivity (Wildman–Crippen MR) is 95.1 cm³/mol. The summed E-state index contributed by atoms with van der Waals surface area (Å²) < 4.78 is 46.9. The first kappa shape index (κ1) is 18.7. The lowest BCUT2D eigenvalue weighted by Crippen LogP contribution is -2.28. The van der Waals surface area contributed by atoms with Crippen molar-refractivity contribution in [2.75, 3.05) is 6.61 Å². The van der Waals surface area contributed by atoms with Crippen LogP contribution in [0.25, 0.3) is 11.1 Å². The predicted octanol–water partition coefficient (Wildman–Crippen LogP) is 4.21. The van der Waals surface area contributed by atoms with E-state index in [2.05, 4.69) is 20.0 Å². The molecule has 1 aromatic carbocycles. The van der Waals surface area contributed by atoms with E-state index in [1.807, 2.05) is 24.3 Å². The number of nitrogens with zero attached hydrogens (tertiary/aromatic N) is 2. The van der Waals surface area contributed by atoms with Gasteiger partial charge in [0.05, 0.1) is 16.8 Å². The Morgan fingerprint density at radius 2 is 2.21 bits per heavy atom. The molecule has 3 atom stereocenters. The zero-order valence-corrected chi connectivity index (χ0v) is 15.5. The molecule has 2 aromatic heterocycles. The molecule has 0 radical (unpaired) electrons. The maximum atomic E-state index is 12.5. The van der Waals surface area contributed by atoms with E-state index in [0.717, 1.165) is 16.9 Å². The average Bonchev–Trinajstić information content (AvgIpc) is 3.11. The topological polar surface area (TPSA) is 77.3 Å². The number of rotatable bonds is 6. The fourth-order valence-electron chi connectivity index (χ4n) is 2.88. The summed E-state index contributed by atoms with van der Waals surface area (Å²) in [6.45, 7) is 0.352. The van der Waals surface area contributed by atoms with E-state index in [4.69, 9.17) is 4.42 Å². The fourth-order valence-corrected chi connectivity index (χ4v) is 3.64. The van der Waals surface area contributed by atoms with Gasteiger partial charge in [-0.25, -0.2) is 9.97 Å². The van der Waals surface area contributed by atoms with Crippen molar-refractivity contribution in [2.24, 2.45) is 5.92 Å². The van der Waals surface area contributed by atoms with Crippen molar-refractivity contribution >= 4 is 28.3 Å². The molecule has 0 aliphatic heterocycles. The summed E-state index contributed by atoms with van der Waals surface area (Å²) in [4.78, 5) is 21.3. The van der Waals surface area contributed by atoms with Crippen LogP contribution in [0.1, 0.15) is 36.1 Å². The maximum absolute atomic E-state index is 12.5. The summed E-state index contributed by atoms with van der Waals surface area (Å²) >= 11 is 0.977. The van der Waals surface area contributed by atoms with Gasteiger partial charge >= 0.3 is 6.18 Å². The number of fused-ring (bicyclic) bond motifs is 1. The molecule has 1 fully saturated rings. The van der Waals surface area contributed by atoms with Gasteiger partial charge in [-0.3, -0.25) is 4.79 Å². The van der Waals surface area contributed by atoms with Crippen LogP contribution < -0.4 is 10.1 Å². The molecule has 1 unspecified atom stereocenters. The third-order valence-electron chi connectivity index (χ3n) is 4.40. The Labute approximate surface area is 161 Å². The third-order valence-corrected chi connectivity index (χ3v) is 5.49. The minimum absolute atomic E-state index is 0.0632. The first-order valence-corrected chi connectivity index (χ1v) is 9.43. The molecule has 2 heterocycles. The highest BCUT2D eigenvalue weighted by atomic mass is 32.1. The van der Waals surface area contributed by atoms with Crippen molar-refractivity contribution < 1.29 is 27.1 Å². The van der Waals surface area contributed by atoms with Gasteiger partial charge in [0.15, 0.2) is 18.1 Å². The Kier molecular flexibility index (Phi) is 4.74. The monoisotopic (exact) mass is 411 g/mol. The molecule has 0 bridgehead atoms. The highest BCUT2D eigenvalue weighted by Gasteiger charge is 2.47. The molecule has 1 aliphatic carbocycles. The van der Waals surface area contributed by atoms with E-state index in [9.17, 15) is 18.0 Å². The van der Waals surface area contributed by atoms with Crippen LogP contribution in [-0.2, 0) is 4.79 Å². The molecular weight excluding hydrogens is 395 g/mol. The van der Waals surface area contributed by atoms with Crippen LogP contribution in [0.5, 0.6) is 5.19 Å². The Bertz CT molecular complexity index is 968. The zero-order chi connectivity index (χ0) is 19.9. The quantitative estimate of drug-likeness (QED) is 0.658. The van der Waals surface area contributed by atoms with Crippen LogP contribution in [0.4, 0.5) is 13.2 Å². The SMILES string of the molecule is CC(NC(=O)[C@@H]1C[C@H]1c1nc2ccccc2o1)c1cnc(OCC(F)(F)F)s1. The van der Waals surface area contributed by atoms with Gasteiger partial charge in [-0.15, -0.1) is 0 Å². The fraction of sp³-hybridized carbons (Fsp3) is 0.389. The first-order valence-electron chi connectivity index (χ1n) is 8.61. The van der Waals surface area contributed by atoms with Crippen LogP contribution >= 0.6 is 11.3 Å².